The number of aromatic nitrogens is 1. The molecule has 0 saturated carbocycles. The Hall–Kier alpha value is -3.15. The second kappa shape index (κ2) is 10.2. The summed E-state index contributed by atoms with van der Waals surface area (Å²) in [5, 5.41) is 4.95. The first-order chi connectivity index (χ1) is 16.7. The van der Waals surface area contributed by atoms with Gasteiger partial charge in [0.25, 0.3) is 15.9 Å². The summed E-state index contributed by atoms with van der Waals surface area (Å²) in [5.41, 5.74) is 1.98. The van der Waals surface area contributed by atoms with Crippen LogP contribution in [0.2, 0.25) is 5.02 Å². The summed E-state index contributed by atoms with van der Waals surface area (Å²) in [6.45, 7) is 2.23. The number of anilines is 2. The molecular weight excluding hydrogens is 514 g/mol. The number of carbonyl (C=O) groups excluding carboxylic acids is 2. The monoisotopic (exact) mass is 535 g/mol. The first kappa shape index (κ1) is 25.0. The molecule has 1 aliphatic heterocycles. The lowest BCUT2D eigenvalue weighted by atomic mass is 10.1. The third-order valence-corrected chi connectivity index (χ3v) is 8.17. The van der Waals surface area contributed by atoms with Crippen LogP contribution in [0.5, 0.6) is 5.75 Å². The van der Waals surface area contributed by atoms with Crippen LogP contribution in [0.3, 0.4) is 0 Å². The fourth-order valence-corrected chi connectivity index (χ4v) is 6.31. The number of methoxy groups -OCH3 is 1. The van der Waals surface area contributed by atoms with Gasteiger partial charge in [0.2, 0.25) is 0 Å². The highest BCUT2D eigenvalue weighted by molar-refractivity contribution is 7.93. The average molecular weight is 536 g/mol. The van der Waals surface area contributed by atoms with Crippen LogP contribution in [0.25, 0.3) is 0 Å². The van der Waals surface area contributed by atoms with Crippen molar-refractivity contribution in [1.82, 2.24) is 4.98 Å². The lowest BCUT2D eigenvalue weighted by molar-refractivity contribution is -0.142. The molecule has 3 aromatic rings. The van der Waals surface area contributed by atoms with Crippen molar-refractivity contribution < 1.29 is 27.5 Å². The number of benzene rings is 2. The Balaban J connectivity index is 1.56. The third kappa shape index (κ3) is 5.26. The van der Waals surface area contributed by atoms with Crippen LogP contribution >= 0.6 is 22.9 Å². The number of esters is 1. The fourth-order valence-electron chi connectivity index (χ4n) is 3.69. The smallest absolute Gasteiger partial charge is 0.311 e. The lowest BCUT2D eigenvalue weighted by Crippen LogP contribution is -2.29. The quantitative estimate of drug-likeness (QED) is 0.435. The zero-order valence-corrected chi connectivity index (χ0v) is 21.3. The number of fused-ring (bicyclic) bond motifs is 1. The number of nitrogens with one attached hydrogen (secondary N) is 1. The molecule has 0 bridgehead atoms. The van der Waals surface area contributed by atoms with Crippen LogP contribution < -0.4 is 14.4 Å². The van der Waals surface area contributed by atoms with E-state index in [0.29, 0.717) is 22.9 Å². The molecule has 1 N–H and O–H groups in total. The Kier molecular flexibility index (Phi) is 7.29. The van der Waals surface area contributed by atoms with Crippen molar-refractivity contribution in [2.45, 2.75) is 24.7 Å². The fraction of sp³-hybridized carbons (Fsp3) is 0.261. The van der Waals surface area contributed by atoms with Crippen molar-refractivity contribution in [3.8, 4) is 5.75 Å². The molecule has 0 radical (unpaired) electrons. The predicted octanol–water partition coefficient (Wildman–Crippen LogP) is 3.91. The van der Waals surface area contributed by atoms with Crippen LogP contribution in [-0.2, 0) is 32.4 Å². The van der Waals surface area contributed by atoms with Crippen molar-refractivity contribution >= 4 is 55.7 Å². The molecule has 35 heavy (non-hydrogen) atoms. The number of ether oxygens (including phenoxy) is 2. The zero-order chi connectivity index (χ0) is 25.2. The molecule has 1 aliphatic rings. The van der Waals surface area contributed by atoms with Crippen molar-refractivity contribution in [3.63, 3.8) is 0 Å². The first-order valence-corrected chi connectivity index (χ1v) is 13.3. The molecule has 0 spiro atoms. The highest BCUT2D eigenvalue weighted by Gasteiger charge is 2.33. The number of nitrogens with zero attached hydrogens (tertiary/aromatic N) is 2. The van der Waals surface area contributed by atoms with Crippen LogP contribution in [0.15, 0.2) is 46.7 Å². The van der Waals surface area contributed by atoms with Gasteiger partial charge in [0, 0.05) is 22.5 Å². The van der Waals surface area contributed by atoms with E-state index in [1.807, 2.05) is 0 Å². The number of halogens is 1. The van der Waals surface area contributed by atoms with E-state index in [4.69, 9.17) is 21.1 Å². The van der Waals surface area contributed by atoms with Gasteiger partial charge < -0.3 is 9.47 Å². The molecular formula is C23H22ClN3O6S2. The third-order valence-electron chi connectivity index (χ3n) is 5.30. The van der Waals surface area contributed by atoms with E-state index in [-0.39, 0.29) is 40.8 Å². The topological polar surface area (TPSA) is 115 Å². The van der Waals surface area contributed by atoms with E-state index < -0.39 is 21.9 Å². The molecule has 184 valence electrons. The van der Waals surface area contributed by atoms with E-state index in [0.717, 1.165) is 5.56 Å². The molecule has 0 saturated heterocycles. The standard InChI is InChI=1S/C23H22ClN3O6S2/c1-3-33-21(28)12-17-13-34-23(25-17)26-22(29)15-5-4-14-8-9-27(18(14)10-15)35(30,31)20-11-16(24)6-7-19(20)32-2/h4-7,10-11,13H,3,8-9,12H2,1-2H3,(H,25,26,29). The van der Waals surface area contributed by atoms with Gasteiger partial charge in [0.15, 0.2) is 5.13 Å². The molecule has 0 aliphatic carbocycles. The summed E-state index contributed by atoms with van der Waals surface area (Å²) in [6.07, 6.45) is 0.516. The van der Waals surface area contributed by atoms with Crippen LogP contribution in [0.1, 0.15) is 28.5 Å². The molecule has 0 fully saturated rings. The second-order valence-electron chi connectivity index (χ2n) is 7.55. The highest BCUT2D eigenvalue weighted by Crippen LogP contribution is 2.37. The Morgan fingerprint density at radius 2 is 2.03 bits per heavy atom. The van der Waals surface area contributed by atoms with E-state index in [1.165, 1.54) is 34.9 Å². The second-order valence-corrected chi connectivity index (χ2v) is 10.7. The lowest BCUT2D eigenvalue weighted by Gasteiger charge is -2.21. The molecule has 12 heteroatoms. The van der Waals surface area contributed by atoms with Gasteiger partial charge in [0.1, 0.15) is 10.6 Å². The van der Waals surface area contributed by atoms with Crippen molar-refractivity contribution in [2.75, 3.05) is 29.9 Å². The van der Waals surface area contributed by atoms with Crippen LogP contribution in [-0.4, -0.2) is 45.5 Å². The Bertz CT molecular complexity index is 1390. The number of sulfonamides is 1. The molecule has 4 rings (SSSR count). The molecule has 2 heterocycles. The van der Waals surface area contributed by atoms with E-state index >= 15 is 0 Å². The summed E-state index contributed by atoms with van der Waals surface area (Å²) in [6, 6.07) is 9.32. The Morgan fingerprint density at radius 1 is 1.23 bits per heavy atom. The minimum Gasteiger partial charge on any atom is -0.495 e. The van der Waals surface area contributed by atoms with Crippen molar-refractivity contribution in [2.24, 2.45) is 0 Å². The molecule has 1 amide bonds. The molecule has 0 unspecified atom stereocenters. The maximum Gasteiger partial charge on any atom is 0.311 e. The van der Waals surface area contributed by atoms with Crippen molar-refractivity contribution in [1.29, 1.82) is 0 Å². The average Bonchev–Trinajstić information content (AvgIpc) is 3.45. The first-order valence-electron chi connectivity index (χ1n) is 10.6. The summed E-state index contributed by atoms with van der Waals surface area (Å²) >= 11 is 7.24. The minimum absolute atomic E-state index is 0.0127. The SMILES string of the molecule is CCOC(=O)Cc1csc(NC(=O)c2ccc3c(c2)N(S(=O)(=O)c2cc(Cl)ccc2OC)CC3)n1. The van der Waals surface area contributed by atoms with Gasteiger partial charge in [-0.1, -0.05) is 17.7 Å². The summed E-state index contributed by atoms with van der Waals surface area (Å²) in [4.78, 5) is 28.7. The number of carbonyl (C=O) groups is 2. The number of hydrogen-bond acceptors (Lipinski definition) is 8. The summed E-state index contributed by atoms with van der Waals surface area (Å²) in [7, 11) is -2.61. The number of hydrogen-bond donors (Lipinski definition) is 1. The number of amides is 1. The molecule has 1 aromatic heterocycles. The largest absolute Gasteiger partial charge is 0.495 e. The van der Waals surface area contributed by atoms with Gasteiger partial charge in [-0.05, 0) is 49.2 Å². The van der Waals surface area contributed by atoms with E-state index in [1.54, 1.807) is 36.6 Å². The van der Waals surface area contributed by atoms with E-state index in [9.17, 15) is 18.0 Å². The highest BCUT2D eigenvalue weighted by atomic mass is 35.5. The van der Waals surface area contributed by atoms with Gasteiger partial charge in [-0.15, -0.1) is 11.3 Å². The summed E-state index contributed by atoms with van der Waals surface area (Å²) in [5.74, 6) is -0.666. The van der Waals surface area contributed by atoms with Crippen molar-refractivity contribution in [3.05, 3.63) is 63.6 Å². The maximum atomic E-state index is 13.5. The van der Waals surface area contributed by atoms with Gasteiger partial charge in [-0.2, -0.15) is 0 Å². The van der Waals surface area contributed by atoms with Gasteiger partial charge in [-0.3, -0.25) is 19.2 Å². The van der Waals surface area contributed by atoms with Crippen LogP contribution in [0, 0.1) is 0 Å². The predicted molar refractivity (Wildman–Crippen MR) is 133 cm³/mol. The molecule has 0 atom stereocenters. The minimum atomic E-state index is -3.99. The van der Waals surface area contributed by atoms with Crippen LogP contribution in [0.4, 0.5) is 10.8 Å². The summed E-state index contributed by atoms with van der Waals surface area (Å²) < 4.78 is 38.4. The van der Waals surface area contributed by atoms with Gasteiger partial charge >= 0.3 is 5.97 Å². The maximum absolute atomic E-state index is 13.5. The van der Waals surface area contributed by atoms with Gasteiger partial charge in [0.05, 0.1) is 31.5 Å². The number of thiazole rings is 1. The number of rotatable bonds is 8. The zero-order valence-electron chi connectivity index (χ0n) is 18.9. The Labute approximate surface area is 211 Å². The normalized spacial score (nSPS) is 12.8. The molecule has 9 nitrogen and oxygen atoms in total. The van der Waals surface area contributed by atoms with E-state index in [2.05, 4.69) is 10.3 Å². The Morgan fingerprint density at radius 3 is 2.77 bits per heavy atom. The van der Waals surface area contributed by atoms with Gasteiger partial charge in [-0.25, -0.2) is 13.4 Å². The molecule has 2 aromatic carbocycles.